The van der Waals surface area contributed by atoms with Crippen LogP contribution in [0.4, 0.5) is 15.8 Å². The summed E-state index contributed by atoms with van der Waals surface area (Å²) in [5.74, 6) is -0.623. The number of fused-ring (bicyclic) bond motifs is 1. The third-order valence-corrected chi connectivity index (χ3v) is 7.55. The van der Waals surface area contributed by atoms with Crippen molar-refractivity contribution in [3.63, 3.8) is 0 Å². The van der Waals surface area contributed by atoms with Crippen molar-refractivity contribution in [1.82, 2.24) is 25.0 Å². The highest BCUT2D eigenvalue weighted by Crippen LogP contribution is 2.38. The zero-order valence-corrected chi connectivity index (χ0v) is 23.1. The predicted octanol–water partition coefficient (Wildman–Crippen LogP) is 6.88. The van der Waals surface area contributed by atoms with Crippen LogP contribution in [-0.4, -0.2) is 25.0 Å². The number of aromatic nitrogens is 5. The number of pyridine rings is 2. The van der Waals surface area contributed by atoms with Gasteiger partial charge < -0.3 is 10.6 Å². The van der Waals surface area contributed by atoms with E-state index < -0.39 is 12.0 Å². The quantitative estimate of drug-likeness (QED) is 0.172. The fourth-order valence-corrected chi connectivity index (χ4v) is 5.27. The van der Waals surface area contributed by atoms with E-state index in [0.717, 1.165) is 18.4 Å². The van der Waals surface area contributed by atoms with Crippen LogP contribution in [0, 0.1) is 28.6 Å². The first-order chi connectivity index (χ1) is 20.6. The Bertz CT molecular complexity index is 1820. The van der Waals surface area contributed by atoms with Crippen LogP contribution in [0.2, 0.25) is 5.02 Å². The Labute approximate surface area is 246 Å². The second-order valence-electron chi connectivity index (χ2n) is 10.1. The molecule has 3 heterocycles. The first-order valence-corrected chi connectivity index (χ1v) is 13.9. The summed E-state index contributed by atoms with van der Waals surface area (Å²) in [4.78, 5) is 8.31. The third kappa shape index (κ3) is 5.58. The Kier molecular flexibility index (Phi) is 7.63. The average molecular weight is 578 g/mol. The molecule has 0 spiro atoms. The third-order valence-electron chi connectivity index (χ3n) is 7.27. The molecule has 1 aliphatic rings. The van der Waals surface area contributed by atoms with E-state index in [9.17, 15) is 14.9 Å². The molecule has 5 aromatic rings. The number of benzene rings is 2. The number of nitriles is 2. The van der Waals surface area contributed by atoms with E-state index >= 15 is 0 Å². The lowest BCUT2D eigenvalue weighted by atomic mass is 10.00. The minimum absolute atomic E-state index is 0.242. The van der Waals surface area contributed by atoms with Crippen LogP contribution in [0.15, 0.2) is 73.2 Å². The Balaban J connectivity index is 1.43. The maximum Gasteiger partial charge on any atom is 0.218 e. The summed E-state index contributed by atoms with van der Waals surface area (Å²) in [6, 6.07) is 20.4. The van der Waals surface area contributed by atoms with E-state index in [0.29, 0.717) is 63.0 Å². The summed E-state index contributed by atoms with van der Waals surface area (Å²) >= 11 is 6.75. The smallest absolute Gasteiger partial charge is 0.218 e. The molecule has 1 fully saturated rings. The van der Waals surface area contributed by atoms with Gasteiger partial charge >= 0.3 is 0 Å². The molecule has 0 radical (unpaired) electrons. The van der Waals surface area contributed by atoms with E-state index in [1.807, 2.05) is 47.3 Å². The van der Waals surface area contributed by atoms with Crippen LogP contribution in [0.1, 0.15) is 66.2 Å². The number of rotatable bonds is 10. The molecular weight excluding hydrogens is 553 g/mol. The van der Waals surface area contributed by atoms with Crippen LogP contribution >= 0.6 is 11.6 Å². The van der Waals surface area contributed by atoms with Crippen molar-refractivity contribution in [1.29, 1.82) is 10.5 Å². The molecule has 2 atom stereocenters. The minimum Gasteiger partial charge on any atom is -0.377 e. The number of anilines is 2. The highest BCUT2D eigenvalue weighted by atomic mass is 35.5. The number of hydrogen-bond acceptors (Lipinski definition) is 8. The maximum atomic E-state index is 15.0. The summed E-state index contributed by atoms with van der Waals surface area (Å²) in [6.45, 7) is 0. The van der Waals surface area contributed by atoms with Gasteiger partial charge in [-0.05, 0) is 43.0 Å². The summed E-state index contributed by atoms with van der Waals surface area (Å²) in [6.07, 6.45) is 7.62. The van der Waals surface area contributed by atoms with E-state index in [2.05, 4.69) is 43.1 Å². The molecule has 2 N–H and O–H groups in total. The number of nitrogens with zero attached hydrogens (tertiary/aromatic N) is 7. The van der Waals surface area contributed by atoms with Crippen LogP contribution in [0.5, 0.6) is 0 Å². The molecule has 2 aromatic carbocycles. The summed E-state index contributed by atoms with van der Waals surface area (Å²) in [5.41, 5.74) is 3.76. The van der Waals surface area contributed by atoms with Gasteiger partial charge in [0, 0.05) is 35.5 Å². The Morgan fingerprint density at radius 2 is 1.90 bits per heavy atom. The van der Waals surface area contributed by atoms with Gasteiger partial charge in [0.1, 0.15) is 17.8 Å². The molecule has 0 bridgehead atoms. The molecule has 3 aromatic heterocycles. The molecule has 0 aliphatic heterocycles. The average Bonchev–Trinajstić information content (AvgIpc) is 3.75. The fourth-order valence-electron chi connectivity index (χ4n) is 5.01. The Hall–Kier alpha value is -5.06. The highest BCUT2D eigenvalue weighted by Gasteiger charge is 2.28. The summed E-state index contributed by atoms with van der Waals surface area (Å²) in [7, 11) is 0. The molecule has 1 aliphatic carbocycles. The lowest BCUT2D eigenvalue weighted by Gasteiger charge is -2.23. The first-order valence-electron chi connectivity index (χ1n) is 13.5. The number of hydrogen-bond donors (Lipinski definition) is 2. The van der Waals surface area contributed by atoms with Crippen LogP contribution in [-0.2, 0) is 0 Å². The van der Waals surface area contributed by atoms with E-state index in [1.54, 1.807) is 18.2 Å². The van der Waals surface area contributed by atoms with E-state index in [-0.39, 0.29) is 6.04 Å². The van der Waals surface area contributed by atoms with Crippen LogP contribution in [0.3, 0.4) is 0 Å². The molecular formula is C31H25ClFN9. The topological polar surface area (TPSA) is 128 Å². The second-order valence-corrected chi connectivity index (χ2v) is 10.5. The summed E-state index contributed by atoms with van der Waals surface area (Å²) in [5, 5.41) is 35.7. The van der Waals surface area contributed by atoms with Gasteiger partial charge in [0.25, 0.3) is 0 Å². The van der Waals surface area contributed by atoms with Gasteiger partial charge in [-0.3, -0.25) is 4.98 Å². The standard InChI is InChI=1S/C31H25ClFN9/c32-25-15-21(38-30(23-8-5-13-36-31(23)33)27-18-42(41-40-27)22-10-11-22)14-24-28(20(16-35)17-37-29(24)25)39-26(9-4-12-34)19-6-2-1-3-7-19/h1-3,5-8,13-15,17-18,22,26,30,38H,4,9-11H2,(H,37,39)/t26-,30+/m1/s1. The van der Waals surface area contributed by atoms with Crippen molar-refractivity contribution < 1.29 is 4.39 Å². The van der Waals surface area contributed by atoms with Gasteiger partial charge in [-0.25, -0.2) is 9.67 Å². The molecule has 11 heteroatoms. The monoisotopic (exact) mass is 577 g/mol. The Morgan fingerprint density at radius 1 is 1.07 bits per heavy atom. The predicted molar refractivity (Wildman–Crippen MR) is 157 cm³/mol. The van der Waals surface area contributed by atoms with Crippen molar-refractivity contribution in [3.05, 3.63) is 107 Å². The zero-order valence-electron chi connectivity index (χ0n) is 22.4. The molecule has 1 saturated carbocycles. The summed E-state index contributed by atoms with van der Waals surface area (Å²) < 4.78 is 16.8. The molecule has 208 valence electrons. The lowest BCUT2D eigenvalue weighted by molar-refractivity contribution is 0.560. The van der Waals surface area contributed by atoms with Crippen molar-refractivity contribution >= 4 is 33.9 Å². The van der Waals surface area contributed by atoms with E-state index in [4.69, 9.17) is 11.6 Å². The normalized spacial score (nSPS) is 14.1. The number of halogens is 2. The molecule has 6 rings (SSSR count). The lowest BCUT2D eigenvalue weighted by Crippen LogP contribution is -2.16. The van der Waals surface area contributed by atoms with Gasteiger partial charge in [0.15, 0.2) is 0 Å². The zero-order chi connectivity index (χ0) is 29.1. The van der Waals surface area contributed by atoms with Gasteiger partial charge in [-0.2, -0.15) is 14.9 Å². The van der Waals surface area contributed by atoms with Crippen LogP contribution < -0.4 is 10.6 Å². The maximum absolute atomic E-state index is 15.0. The van der Waals surface area contributed by atoms with Gasteiger partial charge in [-0.15, -0.1) is 5.10 Å². The minimum atomic E-state index is -0.712. The van der Waals surface area contributed by atoms with Gasteiger partial charge in [0.05, 0.1) is 46.1 Å². The van der Waals surface area contributed by atoms with Crippen LogP contribution in [0.25, 0.3) is 10.9 Å². The first kappa shape index (κ1) is 27.1. The largest absolute Gasteiger partial charge is 0.377 e. The SMILES string of the molecule is N#CCC[C@@H](Nc1c(C#N)cnc2c(Cl)cc(N[C@H](c3cn(C4CC4)nn3)c3cccnc3F)cc12)c1ccccc1. The molecule has 42 heavy (non-hydrogen) atoms. The van der Waals surface area contributed by atoms with Crippen molar-refractivity contribution in [2.75, 3.05) is 10.6 Å². The molecule has 0 unspecified atom stereocenters. The molecule has 0 saturated heterocycles. The van der Waals surface area contributed by atoms with E-state index in [1.165, 1.54) is 12.4 Å². The van der Waals surface area contributed by atoms with Crippen molar-refractivity contribution in [2.24, 2.45) is 0 Å². The van der Waals surface area contributed by atoms with Crippen molar-refractivity contribution in [2.45, 2.75) is 43.8 Å². The molecule has 0 amide bonds. The Morgan fingerprint density at radius 3 is 2.64 bits per heavy atom. The van der Waals surface area contributed by atoms with Gasteiger partial charge in [-0.1, -0.05) is 53.2 Å². The highest BCUT2D eigenvalue weighted by molar-refractivity contribution is 6.35. The molecule has 9 nitrogen and oxygen atoms in total. The second kappa shape index (κ2) is 11.8. The van der Waals surface area contributed by atoms with Gasteiger partial charge in [0.2, 0.25) is 5.95 Å². The fraction of sp³-hybridized carbons (Fsp3) is 0.226. The van der Waals surface area contributed by atoms with Crippen molar-refractivity contribution in [3.8, 4) is 12.1 Å². The number of nitrogens with one attached hydrogen (secondary N) is 2.